The lowest BCUT2D eigenvalue weighted by molar-refractivity contribution is -0.137. The predicted molar refractivity (Wildman–Crippen MR) is 72.5 cm³/mol. The van der Waals surface area contributed by atoms with Gasteiger partial charge in [0, 0.05) is 34.3 Å². The van der Waals surface area contributed by atoms with Crippen LogP contribution >= 0.6 is 26.6 Å². The minimum Gasteiger partial charge on any atom is -0.295 e. The van der Waals surface area contributed by atoms with E-state index in [1.165, 1.54) is 0 Å². The van der Waals surface area contributed by atoms with Gasteiger partial charge in [-0.15, -0.1) is 0 Å². The number of halogens is 5. The van der Waals surface area contributed by atoms with Gasteiger partial charge in [0.15, 0.2) is 0 Å². The Morgan fingerprint density at radius 1 is 1.43 bits per heavy atom. The summed E-state index contributed by atoms with van der Waals surface area (Å²) in [4.78, 5) is 16.1. The lowest BCUT2D eigenvalue weighted by Gasteiger charge is -2.20. The summed E-state index contributed by atoms with van der Waals surface area (Å²) < 4.78 is 61.5. The summed E-state index contributed by atoms with van der Waals surface area (Å²) in [5, 5.41) is -1.25. The summed E-state index contributed by atoms with van der Waals surface area (Å²) >= 11 is 2.87. The monoisotopic (exact) mass is 406 g/mol. The molecule has 0 radical (unpaired) electrons. The van der Waals surface area contributed by atoms with Gasteiger partial charge in [-0.3, -0.25) is 9.69 Å². The van der Waals surface area contributed by atoms with E-state index >= 15 is 0 Å². The first-order valence-corrected chi connectivity index (χ1v) is 8.63. The fourth-order valence-corrected chi connectivity index (χ4v) is 3.28. The van der Waals surface area contributed by atoms with Crippen molar-refractivity contribution in [1.29, 1.82) is 0 Å². The Kier molecular flexibility index (Phi) is 4.24. The maximum Gasteiger partial charge on any atom is 0.420 e. The van der Waals surface area contributed by atoms with E-state index in [0.717, 1.165) is 12.3 Å². The molecule has 1 unspecified atom stereocenters. The molecule has 5 nitrogen and oxygen atoms in total. The molecule has 2 heterocycles. The summed E-state index contributed by atoms with van der Waals surface area (Å²) in [5.74, 6) is -1.40. The molecule has 0 aromatic carbocycles. The number of amides is 1. The molecule has 116 valence electrons. The number of nitrogens with zero attached hydrogens (tertiary/aromatic N) is 2. The number of anilines is 1. The van der Waals surface area contributed by atoms with Crippen LogP contribution in [-0.2, 0) is 20.0 Å². The zero-order valence-corrected chi connectivity index (χ0v) is 13.2. The summed E-state index contributed by atoms with van der Waals surface area (Å²) in [6, 6.07) is 0.776. The van der Waals surface area contributed by atoms with Crippen molar-refractivity contribution >= 4 is 47.4 Å². The van der Waals surface area contributed by atoms with Crippen molar-refractivity contribution in [3.8, 4) is 0 Å². The highest BCUT2D eigenvalue weighted by atomic mass is 79.9. The van der Waals surface area contributed by atoms with Crippen LogP contribution in [0.2, 0.25) is 0 Å². The predicted octanol–water partition coefficient (Wildman–Crippen LogP) is 2.54. The van der Waals surface area contributed by atoms with Gasteiger partial charge in [0.1, 0.15) is 11.1 Å². The molecule has 0 spiro atoms. The average Bonchev–Trinajstić information content (AvgIpc) is 2.70. The van der Waals surface area contributed by atoms with Crippen LogP contribution in [0, 0.1) is 0 Å². The van der Waals surface area contributed by atoms with Gasteiger partial charge in [0.2, 0.25) is 15.0 Å². The van der Waals surface area contributed by atoms with Crippen LogP contribution in [-0.4, -0.2) is 31.1 Å². The minimum absolute atomic E-state index is 0.0896. The second-order valence-electron chi connectivity index (χ2n) is 4.33. The third-order valence-corrected chi connectivity index (χ3v) is 5.18. The SMILES string of the molecule is O=C1CC(S(=O)(=O)Cl)CN1c1ncc(Br)cc1C(F)(F)F. The second kappa shape index (κ2) is 5.40. The van der Waals surface area contributed by atoms with Gasteiger partial charge in [0.05, 0.1) is 5.56 Å². The Bertz CT molecular complexity index is 695. The van der Waals surface area contributed by atoms with E-state index in [4.69, 9.17) is 10.7 Å². The smallest absolute Gasteiger partial charge is 0.295 e. The molecule has 1 saturated heterocycles. The van der Waals surface area contributed by atoms with Crippen molar-refractivity contribution in [2.24, 2.45) is 0 Å². The highest BCUT2D eigenvalue weighted by molar-refractivity contribution is 9.10. The first-order valence-electron chi connectivity index (χ1n) is 5.46. The summed E-state index contributed by atoms with van der Waals surface area (Å²) in [7, 11) is 1.11. The van der Waals surface area contributed by atoms with Crippen molar-refractivity contribution in [3.05, 3.63) is 22.3 Å². The molecule has 0 N–H and O–H groups in total. The summed E-state index contributed by atoms with van der Waals surface area (Å²) in [6.45, 7) is -0.456. The molecular formula is C10H7BrClF3N2O3S. The highest BCUT2D eigenvalue weighted by Gasteiger charge is 2.43. The number of hydrogen-bond donors (Lipinski definition) is 0. The van der Waals surface area contributed by atoms with Crippen molar-refractivity contribution in [2.75, 3.05) is 11.4 Å². The Hall–Kier alpha value is -0.870. The number of hydrogen-bond acceptors (Lipinski definition) is 4. The largest absolute Gasteiger partial charge is 0.420 e. The van der Waals surface area contributed by atoms with E-state index in [1.807, 2.05) is 0 Å². The van der Waals surface area contributed by atoms with Crippen molar-refractivity contribution in [3.63, 3.8) is 0 Å². The van der Waals surface area contributed by atoms with Gasteiger partial charge < -0.3 is 0 Å². The molecule has 1 aromatic heterocycles. The van der Waals surface area contributed by atoms with Crippen LogP contribution in [0.5, 0.6) is 0 Å². The van der Waals surface area contributed by atoms with E-state index in [2.05, 4.69) is 20.9 Å². The lowest BCUT2D eigenvalue weighted by atomic mass is 10.2. The minimum atomic E-state index is -4.73. The lowest BCUT2D eigenvalue weighted by Crippen LogP contribution is -2.30. The Morgan fingerprint density at radius 3 is 2.52 bits per heavy atom. The molecule has 11 heteroatoms. The van der Waals surface area contributed by atoms with Crippen LogP contribution < -0.4 is 4.90 Å². The summed E-state index contributed by atoms with van der Waals surface area (Å²) in [5.41, 5.74) is -1.13. The number of rotatable bonds is 2. The van der Waals surface area contributed by atoms with Crippen molar-refractivity contribution in [2.45, 2.75) is 17.8 Å². The van der Waals surface area contributed by atoms with Crippen LogP contribution in [0.15, 0.2) is 16.7 Å². The van der Waals surface area contributed by atoms with E-state index in [-0.39, 0.29) is 4.47 Å². The van der Waals surface area contributed by atoms with Gasteiger partial charge in [-0.1, -0.05) is 0 Å². The molecule has 0 bridgehead atoms. The quantitative estimate of drug-likeness (QED) is 0.707. The normalized spacial score (nSPS) is 20.1. The van der Waals surface area contributed by atoms with Crippen LogP contribution in [0.1, 0.15) is 12.0 Å². The van der Waals surface area contributed by atoms with E-state index in [9.17, 15) is 26.4 Å². The van der Waals surface area contributed by atoms with Crippen LogP contribution in [0.3, 0.4) is 0 Å². The maximum absolute atomic E-state index is 13.0. The molecule has 1 aromatic rings. The molecule has 1 atom stereocenters. The van der Waals surface area contributed by atoms with Gasteiger partial charge in [-0.2, -0.15) is 13.2 Å². The summed E-state index contributed by atoms with van der Waals surface area (Å²) in [6.07, 6.45) is -4.11. The van der Waals surface area contributed by atoms with Crippen molar-refractivity contribution in [1.82, 2.24) is 4.98 Å². The van der Waals surface area contributed by atoms with E-state index in [0.29, 0.717) is 4.90 Å². The number of pyridine rings is 1. The van der Waals surface area contributed by atoms with Gasteiger partial charge in [0.25, 0.3) is 0 Å². The number of alkyl halides is 3. The van der Waals surface area contributed by atoms with Gasteiger partial charge in [-0.05, 0) is 22.0 Å². The molecule has 21 heavy (non-hydrogen) atoms. The fraction of sp³-hybridized carbons (Fsp3) is 0.400. The Morgan fingerprint density at radius 2 is 2.05 bits per heavy atom. The molecule has 1 fully saturated rings. The zero-order valence-electron chi connectivity index (χ0n) is 10.1. The topological polar surface area (TPSA) is 67.3 Å². The molecule has 2 rings (SSSR count). The molecule has 1 amide bonds. The first-order chi connectivity index (χ1) is 9.50. The molecular weight excluding hydrogens is 401 g/mol. The highest BCUT2D eigenvalue weighted by Crippen LogP contribution is 2.38. The maximum atomic E-state index is 13.0. The fourth-order valence-electron chi connectivity index (χ4n) is 1.92. The van der Waals surface area contributed by atoms with Crippen LogP contribution in [0.25, 0.3) is 0 Å². The third-order valence-electron chi connectivity index (χ3n) is 2.88. The van der Waals surface area contributed by atoms with E-state index in [1.54, 1.807) is 0 Å². The standard InChI is InChI=1S/C10H7BrClF3N2O3S/c11-5-1-7(10(13,14)15)9(16-3-5)17-4-6(2-8(17)18)21(12,19)20/h1,3,6H,2,4H2. The zero-order chi connectivity index (χ0) is 16.0. The Labute approximate surface area is 130 Å². The number of carbonyl (C=O) groups is 1. The third kappa shape index (κ3) is 3.49. The number of aromatic nitrogens is 1. The molecule has 1 aliphatic rings. The molecule has 0 aliphatic carbocycles. The molecule has 1 aliphatic heterocycles. The first kappa shape index (κ1) is 16.5. The van der Waals surface area contributed by atoms with Gasteiger partial charge in [-0.25, -0.2) is 13.4 Å². The second-order valence-corrected chi connectivity index (χ2v) is 8.15. The van der Waals surface area contributed by atoms with E-state index < -0.39 is 50.7 Å². The average molecular weight is 408 g/mol. The number of carbonyl (C=O) groups excluding carboxylic acids is 1. The van der Waals surface area contributed by atoms with Gasteiger partial charge >= 0.3 is 6.18 Å². The Balaban J connectivity index is 2.46. The van der Waals surface area contributed by atoms with Crippen LogP contribution in [0.4, 0.5) is 19.0 Å². The molecule has 0 saturated carbocycles. The van der Waals surface area contributed by atoms with Crippen molar-refractivity contribution < 1.29 is 26.4 Å².